The Balaban J connectivity index is 2.22. The number of quaternary nitrogens is 1. The summed E-state index contributed by atoms with van der Waals surface area (Å²) in [5.41, 5.74) is 17.5. The van der Waals surface area contributed by atoms with Crippen LogP contribution < -0.4 is 11.5 Å². The van der Waals surface area contributed by atoms with Gasteiger partial charge >= 0.3 is 0 Å². The molecule has 3 rings (SSSR count). The molecule has 0 saturated carbocycles. The third-order valence-electron chi connectivity index (χ3n) is 3.97. The summed E-state index contributed by atoms with van der Waals surface area (Å²) in [5.74, 6) is 0. The van der Waals surface area contributed by atoms with E-state index in [1.165, 1.54) is 11.1 Å². The molecule has 0 spiro atoms. The zero-order valence-electron chi connectivity index (χ0n) is 13.0. The van der Waals surface area contributed by atoms with Gasteiger partial charge in [-0.1, -0.05) is 36.5 Å². The van der Waals surface area contributed by atoms with Crippen molar-refractivity contribution in [3.05, 3.63) is 89.0 Å². The molecule has 0 heterocycles. The van der Waals surface area contributed by atoms with Crippen LogP contribution in [0, 0.1) is 6.92 Å². The van der Waals surface area contributed by atoms with Gasteiger partial charge in [-0.25, -0.2) is 0 Å². The minimum atomic E-state index is 0.762. The van der Waals surface area contributed by atoms with E-state index in [0.717, 1.165) is 32.9 Å². The minimum absolute atomic E-state index is 0.762. The maximum absolute atomic E-state index is 5.84. The first-order valence-electron chi connectivity index (χ1n) is 7.48. The summed E-state index contributed by atoms with van der Waals surface area (Å²) in [7, 11) is 0. The highest BCUT2D eigenvalue weighted by molar-refractivity contribution is 7.81. The number of nitrogens with two attached hydrogens (primary N) is 1. The van der Waals surface area contributed by atoms with Gasteiger partial charge in [0.25, 0.3) is 0 Å². The van der Waals surface area contributed by atoms with Crippen molar-refractivity contribution in [2.45, 2.75) is 6.92 Å². The summed E-state index contributed by atoms with van der Waals surface area (Å²) in [6, 6.07) is 14.3. The van der Waals surface area contributed by atoms with Gasteiger partial charge in [0.2, 0.25) is 0 Å². The number of aryl methyl sites for hydroxylation is 1. The first-order valence-corrected chi connectivity index (χ1v) is 7.89. The molecule has 2 nitrogen and oxygen atoms in total. The van der Waals surface area contributed by atoms with E-state index >= 15 is 0 Å². The monoisotopic (exact) mass is 319 g/mol. The first kappa shape index (κ1) is 15.4. The summed E-state index contributed by atoms with van der Waals surface area (Å²) >= 11 is 5.21. The quantitative estimate of drug-likeness (QED) is 0.654. The molecule has 0 unspecified atom stereocenters. The maximum Gasteiger partial charge on any atom is 0.130 e. The average molecular weight is 319 g/mol. The van der Waals surface area contributed by atoms with E-state index < -0.39 is 0 Å². The van der Waals surface area contributed by atoms with Crippen molar-refractivity contribution >= 4 is 34.0 Å². The lowest BCUT2D eigenvalue weighted by Crippen LogP contribution is -2.41. The normalized spacial score (nSPS) is 13.5. The Morgan fingerprint density at radius 1 is 0.913 bits per heavy atom. The van der Waals surface area contributed by atoms with Crippen LogP contribution in [-0.2, 0) is 0 Å². The predicted molar refractivity (Wildman–Crippen MR) is 101 cm³/mol. The Morgan fingerprint density at radius 3 is 2.13 bits per heavy atom. The van der Waals surface area contributed by atoms with E-state index in [4.69, 9.17) is 18.0 Å². The zero-order chi connectivity index (χ0) is 16.4. The lowest BCUT2D eigenvalue weighted by atomic mass is 9.90. The van der Waals surface area contributed by atoms with Gasteiger partial charge in [0, 0.05) is 16.1 Å². The molecule has 0 atom stereocenters. The molecule has 114 valence electrons. The average Bonchev–Trinajstić information content (AvgIpc) is 2.55. The van der Waals surface area contributed by atoms with Crippen molar-refractivity contribution in [1.82, 2.24) is 0 Å². The Bertz CT molecular complexity index is 838. The summed E-state index contributed by atoms with van der Waals surface area (Å²) in [6.45, 7) is 2.08. The number of rotatable bonds is 2. The van der Waals surface area contributed by atoms with Crippen LogP contribution in [0.1, 0.15) is 16.7 Å². The largest absolute Gasteiger partial charge is 0.399 e. The smallest absolute Gasteiger partial charge is 0.130 e. The molecule has 2 aromatic rings. The highest BCUT2D eigenvalue weighted by atomic mass is 32.1. The molecule has 0 aliphatic heterocycles. The molecule has 0 fully saturated rings. The number of anilines is 1. The van der Waals surface area contributed by atoms with Crippen LogP contribution in [0.15, 0.2) is 72.3 Å². The molecule has 0 amide bonds. The molecule has 0 radical (unpaired) electrons. The number of nitrogen functional groups attached to an aromatic ring is 1. The Labute approximate surface area is 141 Å². The van der Waals surface area contributed by atoms with Crippen LogP contribution >= 0.6 is 12.2 Å². The fourth-order valence-electron chi connectivity index (χ4n) is 2.62. The molecular formula is C20H19N2S+. The number of hydrogen-bond donors (Lipinski definition) is 2. The number of thiocarbonyl (C=S) groups is 1. The molecule has 0 aromatic heterocycles. The second kappa shape index (κ2) is 6.32. The Hall–Kier alpha value is -2.49. The van der Waals surface area contributed by atoms with Crippen LogP contribution in [0.4, 0.5) is 11.4 Å². The predicted octanol–water partition coefficient (Wildman–Crippen LogP) is 3.75. The van der Waals surface area contributed by atoms with E-state index in [0.29, 0.717) is 0 Å². The van der Waals surface area contributed by atoms with Gasteiger partial charge < -0.3 is 11.5 Å². The van der Waals surface area contributed by atoms with E-state index in [-0.39, 0.29) is 0 Å². The Morgan fingerprint density at radius 2 is 1.52 bits per heavy atom. The van der Waals surface area contributed by atoms with Crippen LogP contribution in [0.5, 0.6) is 0 Å². The SMILES string of the molecule is Cc1cc(C(=C2C=CC(=S)C=C2)c2ccc(N)cc2)ccc1[NH3+]. The lowest BCUT2D eigenvalue weighted by molar-refractivity contribution is -0.255. The van der Waals surface area contributed by atoms with Gasteiger partial charge in [0.15, 0.2) is 0 Å². The van der Waals surface area contributed by atoms with Crippen LogP contribution in [0.25, 0.3) is 5.57 Å². The summed E-state index contributed by atoms with van der Waals surface area (Å²) in [4.78, 5) is 0.842. The fraction of sp³-hybridized carbons (Fsp3) is 0.0500. The van der Waals surface area contributed by atoms with Gasteiger partial charge in [0.05, 0.1) is 0 Å². The second-order valence-electron chi connectivity index (χ2n) is 5.66. The summed E-state index contributed by atoms with van der Waals surface area (Å²) < 4.78 is 0. The van der Waals surface area contributed by atoms with Crippen molar-refractivity contribution in [2.75, 3.05) is 5.73 Å². The van der Waals surface area contributed by atoms with Crippen LogP contribution in [0.2, 0.25) is 0 Å². The molecule has 23 heavy (non-hydrogen) atoms. The molecular weight excluding hydrogens is 300 g/mol. The Kier molecular flexibility index (Phi) is 4.24. The van der Waals surface area contributed by atoms with E-state index in [2.05, 4.69) is 55.1 Å². The first-order chi connectivity index (χ1) is 11.0. The fourth-order valence-corrected chi connectivity index (χ4v) is 2.76. The number of allylic oxidation sites excluding steroid dienone is 5. The van der Waals surface area contributed by atoms with Crippen LogP contribution in [0.3, 0.4) is 0 Å². The topological polar surface area (TPSA) is 53.7 Å². The minimum Gasteiger partial charge on any atom is -0.399 e. The standard InChI is InChI=1S/C20H18N2S/c1-13-12-16(6-11-19(13)22)20(14-2-7-17(21)8-3-14)15-4-9-18(23)10-5-15/h2-12H,21-22H2,1H3/p+1. The van der Waals surface area contributed by atoms with Crippen molar-refractivity contribution in [1.29, 1.82) is 0 Å². The molecule has 3 heteroatoms. The summed E-state index contributed by atoms with van der Waals surface area (Å²) in [5, 5.41) is 0. The van der Waals surface area contributed by atoms with Crippen LogP contribution in [-0.4, -0.2) is 4.86 Å². The highest BCUT2D eigenvalue weighted by Gasteiger charge is 2.12. The molecule has 1 aliphatic rings. The van der Waals surface area contributed by atoms with E-state index in [1.54, 1.807) is 0 Å². The van der Waals surface area contributed by atoms with E-state index in [1.807, 2.05) is 24.3 Å². The highest BCUT2D eigenvalue weighted by Crippen LogP contribution is 2.31. The van der Waals surface area contributed by atoms with Gasteiger partial charge in [-0.2, -0.15) is 0 Å². The van der Waals surface area contributed by atoms with Gasteiger partial charge in [-0.05, 0) is 71.7 Å². The third kappa shape index (κ3) is 3.31. The van der Waals surface area contributed by atoms with Crippen molar-refractivity contribution < 1.29 is 5.73 Å². The zero-order valence-corrected chi connectivity index (χ0v) is 13.9. The molecule has 0 saturated heterocycles. The third-order valence-corrected chi connectivity index (χ3v) is 4.25. The maximum atomic E-state index is 5.84. The molecule has 1 aliphatic carbocycles. The van der Waals surface area contributed by atoms with Gasteiger partial charge in [-0.3, -0.25) is 0 Å². The molecule has 5 N–H and O–H groups in total. The molecule has 0 bridgehead atoms. The van der Waals surface area contributed by atoms with E-state index in [9.17, 15) is 0 Å². The van der Waals surface area contributed by atoms with Gasteiger partial charge in [-0.15, -0.1) is 0 Å². The lowest BCUT2D eigenvalue weighted by Gasteiger charge is -2.14. The summed E-state index contributed by atoms with van der Waals surface area (Å²) in [6.07, 6.45) is 8.07. The number of benzene rings is 2. The molecule has 2 aromatic carbocycles. The van der Waals surface area contributed by atoms with Gasteiger partial charge in [0.1, 0.15) is 5.69 Å². The number of hydrogen-bond acceptors (Lipinski definition) is 2. The second-order valence-corrected chi connectivity index (χ2v) is 6.13. The van der Waals surface area contributed by atoms with Crippen molar-refractivity contribution in [3.8, 4) is 0 Å². The van der Waals surface area contributed by atoms with Crippen molar-refractivity contribution in [3.63, 3.8) is 0 Å². The van der Waals surface area contributed by atoms with Crippen molar-refractivity contribution in [2.24, 2.45) is 0 Å².